The summed E-state index contributed by atoms with van der Waals surface area (Å²) < 4.78 is 29.6. The molecule has 0 unspecified atom stereocenters. The van der Waals surface area contributed by atoms with Crippen LogP contribution in [-0.4, -0.2) is 30.1 Å². The first-order valence-electron chi connectivity index (χ1n) is 5.91. The fraction of sp³-hybridized carbons (Fsp3) is 0.308. The molecule has 2 atom stereocenters. The molecule has 1 aliphatic carbocycles. The molecular weight excluding hydrogens is 282 g/mol. The van der Waals surface area contributed by atoms with Crippen molar-refractivity contribution < 1.29 is 22.9 Å². The van der Waals surface area contributed by atoms with Crippen LogP contribution in [0.25, 0.3) is 0 Å². The Morgan fingerprint density at radius 2 is 1.80 bits per heavy atom. The molecule has 0 radical (unpaired) electrons. The SMILES string of the molecule is Cc1ccc(S(=O)(=O)O)cc1.N[C@H]1C=C[C@@H](C(=O)O)C1. The molecule has 4 N–H and O–H groups in total. The van der Waals surface area contributed by atoms with Crippen molar-refractivity contribution in [1.29, 1.82) is 0 Å². The number of benzene rings is 1. The summed E-state index contributed by atoms with van der Waals surface area (Å²) in [7, 11) is -4.02. The summed E-state index contributed by atoms with van der Waals surface area (Å²) in [5.74, 6) is -1.13. The maximum atomic E-state index is 10.5. The Bertz CT molecular complexity index is 592. The van der Waals surface area contributed by atoms with Gasteiger partial charge in [0.1, 0.15) is 0 Å². The van der Waals surface area contributed by atoms with E-state index in [1.54, 1.807) is 24.3 Å². The molecule has 2 rings (SSSR count). The van der Waals surface area contributed by atoms with E-state index in [0.29, 0.717) is 6.42 Å². The van der Waals surface area contributed by atoms with Gasteiger partial charge < -0.3 is 10.8 Å². The third-order valence-corrected chi connectivity index (χ3v) is 3.62. The van der Waals surface area contributed by atoms with Crippen LogP contribution in [0.2, 0.25) is 0 Å². The minimum Gasteiger partial charge on any atom is -0.481 e. The van der Waals surface area contributed by atoms with Gasteiger partial charge in [0.25, 0.3) is 10.1 Å². The van der Waals surface area contributed by atoms with Crippen molar-refractivity contribution in [1.82, 2.24) is 0 Å². The third-order valence-electron chi connectivity index (χ3n) is 2.75. The van der Waals surface area contributed by atoms with Crippen LogP contribution in [0.1, 0.15) is 12.0 Å². The van der Waals surface area contributed by atoms with Crippen LogP contribution in [0.4, 0.5) is 0 Å². The predicted molar refractivity (Wildman–Crippen MR) is 73.9 cm³/mol. The van der Waals surface area contributed by atoms with Gasteiger partial charge in [0, 0.05) is 6.04 Å². The highest BCUT2D eigenvalue weighted by Gasteiger charge is 2.21. The zero-order chi connectivity index (χ0) is 15.3. The topological polar surface area (TPSA) is 118 Å². The number of hydrogen-bond acceptors (Lipinski definition) is 4. The monoisotopic (exact) mass is 299 g/mol. The van der Waals surface area contributed by atoms with Crippen molar-refractivity contribution in [2.24, 2.45) is 11.7 Å². The van der Waals surface area contributed by atoms with Crippen LogP contribution in [0.3, 0.4) is 0 Å². The van der Waals surface area contributed by atoms with Crippen molar-refractivity contribution in [3.05, 3.63) is 42.0 Å². The summed E-state index contributed by atoms with van der Waals surface area (Å²) in [4.78, 5) is 10.2. The van der Waals surface area contributed by atoms with Crippen molar-refractivity contribution in [3.8, 4) is 0 Å². The molecule has 6 nitrogen and oxygen atoms in total. The Hall–Kier alpha value is -1.70. The van der Waals surface area contributed by atoms with E-state index in [0.717, 1.165) is 5.56 Å². The summed E-state index contributed by atoms with van der Waals surface area (Å²) in [5.41, 5.74) is 6.37. The molecule has 7 heteroatoms. The zero-order valence-electron chi connectivity index (χ0n) is 10.9. The predicted octanol–water partition coefficient (Wildman–Crippen LogP) is 1.22. The quantitative estimate of drug-likeness (QED) is 0.558. The van der Waals surface area contributed by atoms with Crippen LogP contribution >= 0.6 is 0 Å². The summed E-state index contributed by atoms with van der Waals surface area (Å²) in [6.45, 7) is 1.84. The standard InChI is InChI=1S/C7H8O3S.C6H9NO2/c1-6-2-4-7(5-3-6)11(8,9)10;7-5-2-1-4(3-5)6(8)9/h2-5H,1H3,(H,8,9,10);1-2,4-5H,3,7H2,(H,8,9)/t;4-,5+/m.1/s1. The number of carboxylic acids is 1. The smallest absolute Gasteiger partial charge is 0.310 e. The van der Waals surface area contributed by atoms with Gasteiger partial charge in [0.2, 0.25) is 0 Å². The largest absolute Gasteiger partial charge is 0.481 e. The number of aryl methyl sites for hydroxylation is 1. The molecule has 0 saturated carbocycles. The van der Waals surface area contributed by atoms with Crippen LogP contribution in [-0.2, 0) is 14.9 Å². The van der Waals surface area contributed by atoms with Crippen LogP contribution < -0.4 is 5.73 Å². The van der Waals surface area contributed by atoms with Crippen LogP contribution in [0.5, 0.6) is 0 Å². The van der Waals surface area contributed by atoms with E-state index in [1.807, 2.05) is 6.92 Å². The van der Waals surface area contributed by atoms with Gasteiger partial charge in [0.15, 0.2) is 0 Å². The normalized spacial score (nSPS) is 21.1. The second kappa shape index (κ2) is 6.65. The molecule has 1 aliphatic rings. The lowest BCUT2D eigenvalue weighted by Gasteiger charge is -2.00. The second-order valence-corrected chi connectivity index (χ2v) is 5.94. The van der Waals surface area contributed by atoms with Crippen LogP contribution in [0.15, 0.2) is 41.3 Å². The number of aliphatic carboxylic acids is 1. The maximum absolute atomic E-state index is 10.5. The number of nitrogens with two attached hydrogens (primary N) is 1. The van der Waals surface area contributed by atoms with Gasteiger partial charge in [-0.05, 0) is 25.5 Å². The van der Waals surface area contributed by atoms with Crippen LogP contribution in [0, 0.1) is 12.8 Å². The van der Waals surface area contributed by atoms with E-state index >= 15 is 0 Å². The average Bonchev–Trinajstić information content (AvgIpc) is 2.76. The van der Waals surface area contributed by atoms with Crippen molar-refractivity contribution in [2.75, 3.05) is 0 Å². The van der Waals surface area contributed by atoms with E-state index in [-0.39, 0.29) is 16.9 Å². The highest BCUT2D eigenvalue weighted by atomic mass is 32.2. The zero-order valence-corrected chi connectivity index (χ0v) is 11.7. The molecule has 0 saturated heterocycles. The van der Waals surface area contributed by atoms with Gasteiger partial charge in [-0.15, -0.1) is 0 Å². The number of hydrogen-bond donors (Lipinski definition) is 3. The lowest BCUT2D eigenvalue weighted by Crippen LogP contribution is -2.18. The fourth-order valence-electron chi connectivity index (χ4n) is 1.62. The van der Waals surface area contributed by atoms with Gasteiger partial charge in [-0.25, -0.2) is 0 Å². The Kier molecular flexibility index (Phi) is 5.43. The highest BCUT2D eigenvalue weighted by molar-refractivity contribution is 7.85. The van der Waals surface area contributed by atoms with Crippen molar-refractivity contribution in [2.45, 2.75) is 24.3 Å². The van der Waals surface area contributed by atoms with E-state index < -0.39 is 16.1 Å². The van der Waals surface area contributed by atoms with Gasteiger partial charge >= 0.3 is 5.97 Å². The highest BCUT2D eigenvalue weighted by Crippen LogP contribution is 2.15. The first-order valence-corrected chi connectivity index (χ1v) is 7.35. The van der Waals surface area contributed by atoms with E-state index in [1.165, 1.54) is 12.1 Å². The number of carbonyl (C=O) groups is 1. The lowest BCUT2D eigenvalue weighted by molar-refractivity contribution is -0.140. The second-order valence-electron chi connectivity index (χ2n) is 4.52. The summed E-state index contributed by atoms with van der Waals surface area (Å²) >= 11 is 0. The molecule has 0 aromatic heterocycles. The van der Waals surface area contributed by atoms with Gasteiger partial charge in [-0.2, -0.15) is 8.42 Å². The molecule has 0 amide bonds. The van der Waals surface area contributed by atoms with Crippen molar-refractivity contribution in [3.63, 3.8) is 0 Å². The molecule has 0 aliphatic heterocycles. The summed E-state index contributed by atoms with van der Waals surface area (Å²) in [6, 6.07) is 5.94. The van der Waals surface area contributed by atoms with E-state index in [9.17, 15) is 13.2 Å². The van der Waals surface area contributed by atoms with E-state index in [2.05, 4.69) is 0 Å². The minimum atomic E-state index is -4.02. The van der Waals surface area contributed by atoms with Gasteiger partial charge in [0.05, 0.1) is 10.8 Å². The average molecular weight is 299 g/mol. The lowest BCUT2D eigenvalue weighted by atomic mass is 10.1. The molecule has 1 aromatic carbocycles. The van der Waals surface area contributed by atoms with Gasteiger partial charge in [-0.3, -0.25) is 9.35 Å². The maximum Gasteiger partial charge on any atom is 0.310 e. The fourth-order valence-corrected chi connectivity index (χ4v) is 2.10. The summed E-state index contributed by atoms with van der Waals surface area (Å²) in [6.07, 6.45) is 3.93. The Morgan fingerprint density at radius 3 is 2.10 bits per heavy atom. The molecule has 0 fully saturated rings. The van der Waals surface area contributed by atoms with Crippen molar-refractivity contribution >= 4 is 16.1 Å². The molecule has 110 valence electrons. The first kappa shape index (κ1) is 16.4. The van der Waals surface area contributed by atoms with Gasteiger partial charge in [-0.1, -0.05) is 29.8 Å². The summed E-state index contributed by atoms with van der Waals surface area (Å²) in [5, 5.41) is 8.42. The first-order chi connectivity index (χ1) is 9.20. The molecule has 0 heterocycles. The molecule has 1 aromatic rings. The van der Waals surface area contributed by atoms with E-state index in [4.69, 9.17) is 15.4 Å². The molecule has 20 heavy (non-hydrogen) atoms. The Labute approximate surface area is 117 Å². The third kappa shape index (κ3) is 5.12. The minimum absolute atomic E-state index is 0.0499. The molecule has 0 spiro atoms. The molecule has 0 bridgehead atoms. The number of carboxylic acid groups (broad SMARTS) is 1. The number of rotatable bonds is 2. The Morgan fingerprint density at radius 1 is 1.25 bits per heavy atom. The Balaban J connectivity index is 0.000000204. The molecular formula is C13H17NO5S.